The van der Waals surface area contributed by atoms with Gasteiger partial charge in [0.05, 0.1) is 5.69 Å². The maximum atomic E-state index is 10.5. The van der Waals surface area contributed by atoms with Crippen molar-refractivity contribution in [2.45, 2.75) is 13.5 Å². The SMILES string of the molecule is C#CCn1cc(C(=O)O)c(C)n1. The van der Waals surface area contributed by atoms with E-state index in [0.29, 0.717) is 12.2 Å². The van der Waals surface area contributed by atoms with Crippen molar-refractivity contribution in [1.82, 2.24) is 9.78 Å². The number of nitrogens with zero attached hydrogens (tertiary/aromatic N) is 2. The summed E-state index contributed by atoms with van der Waals surface area (Å²) in [6.07, 6.45) is 6.47. The summed E-state index contributed by atoms with van der Waals surface area (Å²) in [7, 11) is 0. The molecule has 0 spiro atoms. The molecule has 0 fully saturated rings. The zero-order valence-electron chi connectivity index (χ0n) is 6.61. The van der Waals surface area contributed by atoms with E-state index >= 15 is 0 Å². The molecule has 0 bridgehead atoms. The average Bonchev–Trinajstić information content (AvgIpc) is 2.32. The van der Waals surface area contributed by atoms with Crippen molar-refractivity contribution >= 4 is 5.97 Å². The lowest BCUT2D eigenvalue weighted by atomic mass is 10.3. The highest BCUT2D eigenvalue weighted by atomic mass is 16.4. The van der Waals surface area contributed by atoms with Gasteiger partial charge < -0.3 is 5.11 Å². The molecule has 0 amide bonds. The fraction of sp³-hybridized carbons (Fsp3) is 0.250. The molecule has 0 saturated heterocycles. The molecule has 0 saturated carbocycles. The first-order valence-electron chi connectivity index (χ1n) is 3.36. The lowest BCUT2D eigenvalue weighted by Crippen LogP contribution is -1.96. The third-order valence-corrected chi connectivity index (χ3v) is 1.43. The molecule has 1 N–H and O–H groups in total. The zero-order chi connectivity index (χ0) is 9.14. The predicted molar refractivity (Wildman–Crippen MR) is 42.8 cm³/mol. The van der Waals surface area contributed by atoms with Crippen molar-refractivity contribution in [3.8, 4) is 12.3 Å². The number of carboxylic acids is 1. The van der Waals surface area contributed by atoms with Crippen LogP contribution in [0.3, 0.4) is 0 Å². The Balaban J connectivity index is 3.02. The van der Waals surface area contributed by atoms with Crippen molar-refractivity contribution in [1.29, 1.82) is 0 Å². The van der Waals surface area contributed by atoms with Crippen LogP contribution >= 0.6 is 0 Å². The smallest absolute Gasteiger partial charge is 0.339 e. The van der Waals surface area contributed by atoms with Gasteiger partial charge in [-0.1, -0.05) is 5.92 Å². The second-order valence-electron chi connectivity index (χ2n) is 2.34. The fourth-order valence-electron chi connectivity index (χ4n) is 0.902. The quantitative estimate of drug-likeness (QED) is 0.648. The molecule has 0 aromatic carbocycles. The number of rotatable bonds is 2. The van der Waals surface area contributed by atoms with Gasteiger partial charge in [-0.3, -0.25) is 4.68 Å². The van der Waals surface area contributed by atoms with E-state index in [1.54, 1.807) is 6.92 Å². The van der Waals surface area contributed by atoms with Crippen LogP contribution in [-0.4, -0.2) is 20.9 Å². The number of hydrogen-bond donors (Lipinski definition) is 1. The lowest BCUT2D eigenvalue weighted by Gasteiger charge is -1.88. The minimum atomic E-state index is -0.976. The first-order valence-corrected chi connectivity index (χ1v) is 3.36. The van der Waals surface area contributed by atoms with Gasteiger partial charge in [0.1, 0.15) is 12.1 Å². The van der Waals surface area contributed by atoms with Crippen molar-refractivity contribution < 1.29 is 9.90 Å². The lowest BCUT2D eigenvalue weighted by molar-refractivity contribution is 0.0696. The standard InChI is InChI=1S/C8H8N2O2/c1-3-4-10-5-7(8(11)12)6(2)9-10/h1,5H,4H2,2H3,(H,11,12). The Kier molecular flexibility index (Phi) is 2.15. The minimum Gasteiger partial charge on any atom is -0.478 e. The molecule has 1 rings (SSSR count). The number of aryl methyl sites for hydroxylation is 1. The van der Waals surface area contributed by atoms with Crippen LogP contribution in [0.4, 0.5) is 0 Å². The maximum absolute atomic E-state index is 10.5. The number of carbonyl (C=O) groups is 1. The van der Waals surface area contributed by atoms with Crippen molar-refractivity contribution in [2.75, 3.05) is 0 Å². The number of hydrogen-bond acceptors (Lipinski definition) is 2. The normalized spacial score (nSPS) is 9.33. The second kappa shape index (κ2) is 3.09. The number of aromatic carboxylic acids is 1. The second-order valence-corrected chi connectivity index (χ2v) is 2.34. The van der Waals surface area contributed by atoms with Crippen LogP contribution in [0.25, 0.3) is 0 Å². The topological polar surface area (TPSA) is 55.1 Å². The summed E-state index contributed by atoms with van der Waals surface area (Å²) in [6, 6.07) is 0. The van der Waals surface area contributed by atoms with Crippen LogP contribution in [-0.2, 0) is 6.54 Å². The molecule has 0 atom stereocenters. The summed E-state index contributed by atoms with van der Waals surface area (Å²) < 4.78 is 1.43. The number of aromatic nitrogens is 2. The van der Waals surface area contributed by atoms with Gasteiger partial charge in [-0.05, 0) is 6.92 Å². The molecule has 4 heteroatoms. The summed E-state index contributed by atoms with van der Waals surface area (Å²) in [5.74, 6) is 1.39. The van der Waals surface area contributed by atoms with E-state index in [-0.39, 0.29) is 5.56 Å². The molecule has 0 aliphatic rings. The minimum absolute atomic E-state index is 0.199. The summed E-state index contributed by atoms with van der Waals surface area (Å²) >= 11 is 0. The average molecular weight is 164 g/mol. The van der Waals surface area contributed by atoms with Gasteiger partial charge in [0.2, 0.25) is 0 Å². The Morgan fingerprint density at radius 1 is 1.92 bits per heavy atom. The summed E-state index contributed by atoms with van der Waals surface area (Å²) in [6.45, 7) is 1.94. The van der Waals surface area contributed by atoms with Crippen LogP contribution in [0, 0.1) is 19.3 Å². The van der Waals surface area contributed by atoms with Crippen molar-refractivity contribution in [2.24, 2.45) is 0 Å². The molecule has 0 aliphatic carbocycles. The van der Waals surface area contributed by atoms with E-state index in [1.807, 2.05) is 0 Å². The first-order chi connectivity index (χ1) is 5.65. The molecule has 0 unspecified atom stereocenters. The van der Waals surface area contributed by atoms with Gasteiger partial charge in [0.15, 0.2) is 0 Å². The van der Waals surface area contributed by atoms with Gasteiger partial charge in [0.25, 0.3) is 0 Å². The number of terminal acetylenes is 1. The van der Waals surface area contributed by atoms with E-state index in [9.17, 15) is 4.79 Å². The highest BCUT2D eigenvalue weighted by molar-refractivity contribution is 5.88. The van der Waals surface area contributed by atoms with Crippen molar-refractivity contribution in [3.63, 3.8) is 0 Å². The van der Waals surface area contributed by atoms with E-state index in [0.717, 1.165) is 0 Å². The molecule has 1 heterocycles. The predicted octanol–water partition coefficient (Wildman–Crippen LogP) is 0.523. The number of carboxylic acid groups (broad SMARTS) is 1. The molecule has 1 aromatic rings. The van der Waals surface area contributed by atoms with Gasteiger partial charge in [-0.25, -0.2) is 4.79 Å². The van der Waals surface area contributed by atoms with Gasteiger partial charge >= 0.3 is 5.97 Å². The highest BCUT2D eigenvalue weighted by Gasteiger charge is 2.10. The van der Waals surface area contributed by atoms with Crippen LogP contribution in [0.15, 0.2) is 6.20 Å². The Hall–Kier alpha value is -1.76. The van der Waals surface area contributed by atoms with Crippen LogP contribution in [0.2, 0.25) is 0 Å². The molecule has 0 radical (unpaired) electrons. The summed E-state index contributed by atoms with van der Waals surface area (Å²) in [5.41, 5.74) is 0.683. The van der Waals surface area contributed by atoms with E-state index in [4.69, 9.17) is 11.5 Å². The fourth-order valence-corrected chi connectivity index (χ4v) is 0.902. The third kappa shape index (κ3) is 1.45. The van der Waals surface area contributed by atoms with Crippen LogP contribution < -0.4 is 0 Å². The molecule has 1 aromatic heterocycles. The Labute approximate surface area is 69.8 Å². The Bertz CT molecular complexity index is 346. The van der Waals surface area contributed by atoms with E-state index in [2.05, 4.69) is 11.0 Å². The van der Waals surface area contributed by atoms with Crippen LogP contribution in [0.1, 0.15) is 16.1 Å². The highest BCUT2D eigenvalue weighted by Crippen LogP contribution is 2.04. The monoisotopic (exact) mass is 164 g/mol. The molecule has 4 nitrogen and oxygen atoms in total. The van der Waals surface area contributed by atoms with Gasteiger partial charge in [-0.15, -0.1) is 6.42 Å². The van der Waals surface area contributed by atoms with Gasteiger partial charge in [0, 0.05) is 6.20 Å². The van der Waals surface area contributed by atoms with E-state index < -0.39 is 5.97 Å². The maximum Gasteiger partial charge on any atom is 0.339 e. The Morgan fingerprint density at radius 2 is 2.58 bits per heavy atom. The van der Waals surface area contributed by atoms with Crippen molar-refractivity contribution in [3.05, 3.63) is 17.5 Å². The van der Waals surface area contributed by atoms with Gasteiger partial charge in [-0.2, -0.15) is 5.10 Å². The molecular formula is C8H8N2O2. The largest absolute Gasteiger partial charge is 0.478 e. The zero-order valence-corrected chi connectivity index (χ0v) is 6.61. The molecule has 0 aliphatic heterocycles. The van der Waals surface area contributed by atoms with E-state index in [1.165, 1.54) is 10.9 Å². The molecule has 62 valence electrons. The summed E-state index contributed by atoms with van der Waals surface area (Å²) in [4.78, 5) is 10.5. The molecular weight excluding hydrogens is 156 g/mol. The third-order valence-electron chi connectivity index (χ3n) is 1.43. The first kappa shape index (κ1) is 8.34. The Morgan fingerprint density at radius 3 is 3.00 bits per heavy atom. The molecule has 12 heavy (non-hydrogen) atoms. The summed E-state index contributed by atoms with van der Waals surface area (Å²) in [5, 5.41) is 12.6. The van der Waals surface area contributed by atoms with Crippen LogP contribution in [0.5, 0.6) is 0 Å².